The number of anilines is 1. The zero-order valence-corrected chi connectivity index (χ0v) is 10.4. The molecule has 5 heteroatoms. The lowest BCUT2D eigenvalue weighted by molar-refractivity contribution is 0.0995. The molecule has 0 spiro atoms. The van der Waals surface area contributed by atoms with Crippen molar-refractivity contribution >= 4 is 11.7 Å². The first-order chi connectivity index (χ1) is 9.20. The van der Waals surface area contributed by atoms with Gasteiger partial charge in [-0.05, 0) is 31.0 Å². The van der Waals surface area contributed by atoms with Crippen LogP contribution in [0.15, 0.2) is 34.9 Å². The first-order valence-electron chi connectivity index (χ1n) is 5.72. The molecule has 2 heterocycles. The smallest absolute Gasteiger partial charge is 0.292 e. The number of carbonyl (C=O) groups excluding carboxylic acids is 1. The van der Waals surface area contributed by atoms with Gasteiger partial charge >= 0.3 is 0 Å². The molecule has 0 saturated heterocycles. The summed E-state index contributed by atoms with van der Waals surface area (Å²) in [4.78, 5) is 16.1. The summed E-state index contributed by atoms with van der Waals surface area (Å²) < 4.78 is 5.11. The normalized spacial score (nSPS) is 9.58. The highest BCUT2D eigenvalue weighted by Crippen LogP contribution is 2.12. The number of hydrogen-bond acceptors (Lipinski definition) is 4. The van der Waals surface area contributed by atoms with Gasteiger partial charge in [0.2, 0.25) is 0 Å². The number of nitrogens with one attached hydrogen (secondary N) is 1. The Labute approximate surface area is 110 Å². The second-order valence-electron chi connectivity index (χ2n) is 3.80. The van der Waals surface area contributed by atoms with Crippen LogP contribution in [0.3, 0.4) is 0 Å². The van der Waals surface area contributed by atoms with Gasteiger partial charge in [0.15, 0.2) is 5.76 Å². The maximum Gasteiger partial charge on any atom is 0.292 e. The zero-order chi connectivity index (χ0) is 13.7. The largest absolute Gasteiger partial charge is 0.459 e. The molecule has 1 amide bonds. The van der Waals surface area contributed by atoms with Gasteiger partial charge in [0.25, 0.3) is 5.91 Å². The van der Waals surface area contributed by atoms with E-state index in [4.69, 9.17) is 10.2 Å². The van der Waals surface area contributed by atoms with E-state index >= 15 is 0 Å². The summed E-state index contributed by atoms with van der Waals surface area (Å²) in [7, 11) is 0. The summed E-state index contributed by atoms with van der Waals surface area (Å²) >= 11 is 0. The van der Waals surface area contributed by atoms with Crippen molar-refractivity contribution in [3.8, 4) is 11.8 Å². The van der Waals surface area contributed by atoms with Gasteiger partial charge in [0.1, 0.15) is 11.5 Å². The van der Waals surface area contributed by atoms with Crippen molar-refractivity contribution in [3.05, 3.63) is 47.5 Å². The Balaban J connectivity index is 2.15. The minimum atomic E-state index is -0.334. The third-order valence-corrected chi connectivity index (χ3v) is 2.38. The minimum absolute atomic E-state index is 0.268. The van der Waals surface area contributed by atoms with Crippen molar-refractivity contribution < 1.29 is 9.21 Å². The van der Waals surface area contributed by atoms with E-state index in [1.54, 1.807) is 31.2 Å². The first-order valence-corrected chi connectivity index (χ1v) is 5.72. The van der Waals surface area contributed by atoms with Crippen molar-refractivity contribution in [2.75, 3.05) is 11.9 Å². The van der Waals surface area contributed by atoms with Crippen LogP contribution in [0.2, 0.25) is 0 Å². The third-order valence-electron chi connectivity index (χ3n) is 2.38. The van der Waals surface area contributed by atoms with Crippen molar-refractivity contribution in [3.63, 3.8) is 0 Å². The molecule has 0 saturated carbocycles. The van der Waals surface area contributed by atoms with Gasteiger partial charge in [-0.15, -0.1) is 0 Å². The van der Waals surface area contributed by atoms with Crippen LogP contribution in [0.4, 0.5) is 5.82 Å². The fourth-order valence-electron chi connectivity index (χ4n) is 1.49. The fraction of sp³-hybridized carbons (Fsp3) is 0.143. The maximum atomic E-state index is 11.9. The highest BCUT2D eigenvalue weighted by atomic mass is 16.3. The SMILES string of the molecule is Cc1ccoc1C(=O)Nc1cccc(C#CCN)n1. The van der Waals surface area contributed by atoms with E-state index in [2.05, 4.69) is 22.1 Å². The lowest BCUT2D eigenvalue weighted by atomic mass is 10.2. The Morgan fingerprint density at radius 1 is 1.47 bits per heavy atom. The molecular formula is C14H13N3O2. The molecule has 2 aromatic heterocycles. The number of hydrogen-bond donors (Lipinski definition) is 2. The topological polar surface area (TPSA) is 81.2 Å². The van der Waals surface area contributed by atoms with E-state index < -0.39 is 0 Å². The summed E-state index contributed by atoms with van der Waals surface area (Å²) in [5, 5.41) is 2.66. The Hall–Kier alpha value is -2.58. The van der Waals surface area contributed by atoms with Gasteiger partial charge in [0.05, 0.1) is 12.8 Å². The summed E-state index contributed by atoms with van der Waals surface area (Å²) in [6.45, 7) is 2.07. The maximum absolute atomic E-state index is 11.9. The molecule has 0 radical (unpaired) electrons. The van der Waals surface area contributed by atoms with E-state index in [9.17, 15) is 4.79 Å². The van der Waals surface area contributed by atoms with Crippen molar-refractivity contribution in [1.29, 1.82) is 0 Å². The molecule has 5 nitrogen and oxygen atoms in total. The van der Waals surface area contributed by atoms with E-state index in [-0.39, 0.29) is 18.2 Å². The summed E-state index contributed by atoms with van der Waals surface area (Å²) in [6, 6.07) is 6.92. The Morgan fingerprint density at radius 3 is 3.00 bits per heavy atom. The summed E-state index contributed by atoms with van der Waals surface area (Å²) in [5.74, 6) is 5.87. The van der Waals surface area contributed by atoms with Gasteiger partial charge in [-0.2, -0.15) is 0 Å². The second kappa shape index (κ2) is 5.85. The average Bonchev–Trinajstić information content (AvgIpc) is 2.83. The van der Waals surface area contributed by atoms with E-state index in [0.29, 0.717) is 11.5 Å². The fourth-order valence-corrected chi connectivity index (χ4v) is 1.49. The molecule has 0 aliphatic heterocycles. The second-order valence-corrected chi connectivity index (χ2v) is 3.80. The predicted octanol–water partition coefficient (Wildman–Crippen LogP) is 1.55. The highest BCUT2D eigenvalue weighted by Gasteiger charge is 2.13. The Bertz CT molecular complexity index is 650. The lowest BCUT2D eigenvalue weighted by Gasteiger charge is -2.03. The van der Waals surface area contributed by atoms with Crippen LogP contribution in [0.1, 0.15) is 21.8 Å². The molecule has 0 fully saturated rings. The third kappa shape index (κ3) is 3.21. The standard InChI is InChI=1S/C14H13N3O2/c1-10-7-9-19-13(10)14(18)17-12-6-2-4-11(16-12)5-3-8-15/h2,4,6-7,9H,8,15H2,1H3,(H,16,17,18). The van der Waals surface area contributed by atoms with Crippen LogP contribution >= 0.6 is 0 Å². The lowest BCUT2D eigenvalue weighted by Crippen LogP contribution is -2.13. The van der Waals surface area contributed by atoms with Gasteiger partial charge < -0.3 is 15.5 Å². The number of carbonyl (C=O) groups is 1. The van der Waals surface area contributed by atoms with Crippen LogP contribution in [0, 0.1) is 18.8 Å². The number of rotatable bonds is 2. The van der Waals surface area contributed by atoms with E-state index in [1.807, 2.05) is 0 Å². The molecular weight excluding hydrogens is 242 g/mol. The van der Waals surface area contributed by atoms with Crippen molar-refractivity contribution in [1.82, 2.24) is 4.98 Å². The Morgan fingerprint density at radius 2 is 2.32 bits per heavy atom. The van der Waals surface area contributed by atoms with Gasteiger partial charge in [-0.1, -0.05) is 12.0 Å². The van der Waals surface area contributed by atoms with Crippen molar-refractivity contribution in [2.45, 2.75) is 6.92 Å². The Kier molecular flexibility index (Phi) is 3.96. The molecule has 3 N–H and O–H groups in total. The zero-order valence-electron chi connectivity index (χ0n) is 10.4. The number of nitrogens with zero attached hydrogens (tertiary/aromatic N) is 1. The quantitative estimate of drug-likeness (QED) is 0.798. The number of furan rings is 1. The number of pyridine rings is 1. The van der Waals surface area contributed by atoms with Crippen molar-refractivity contribution in [2.24, 2.45) is 5.73 Å². The van der Waals surface area contributed by atoms with E-state index in [0.717, 1.165) is 5.56 Å². The van der Waals surface area contributed by atoms with Gasteiger partial charge in [-0.3, -0.25) is 4.79 Å². The monoisotopic (exact) mass is 255 g/mol. The molecule has 0 bridgehead atoms. The molecule has 0 aromatic carbocycles. The molecule has 19 heavy (non-hydrogen) atoms. The van der Waals surface area contributed by atoms with Gasteiger partial charge in [0, 0.05) is 5.56 Å². The molecule has 0 aliphatic carbocycles. The van der Waals surface area contributed by atoms with Gasteiger partial charge in [-0.25, -0.2) is 4.98 Å². The summed E-state index contributed by atoms with van der Waals surface area (Å²) in [5.41, 5.74) is 6.62. The molecule has 0 unspecified atom stereocenters. The highest BCUT2D eigenvalue weighted by molar-refractivity contribution is 6.02. The first kappa shape index (κ1) is 12.9. The molecule has 2 aromatic rings. The van der Waals surface area contributed by atoms with Crippen LogP contribution in [-0.4, -0.2) is 17.4 Å². The van der Waals surface area contributed by atoms with Crippen LogP contribution in [0.25, 0.3) is 0 Å². The number of nitrogens with two attached hydrogens (primary N) is 1. The number of aromatic nitrogens is 1. The number of amides is 1. The van der Waals surface area contributed by atoms with Crippen LogP contribution in [-0.2, 0) is 0 Å². The van der Waals surface area contributed by atoms with E-state index in [1.165, 1.54) is 6.26 Å². The minimum Gasteiger partial charge on any atom is -0.459 e. The summed E-state index contributed by atoms with van der Waals surface area (Å²) in [6.07, 6.45) is 1.47. The molecule has 0 atom stereocenters. The molecule has 0 aliphatic rings. The molecule has 2 rings (SSSR count). The number of aryl methyl sites for hydroxylation is 1. The molecule has 96 valence electrons. The predicted molar refractivity (Wildman–Crippen MR) is 71.6 cm³/mol. The van der Waals surface area contributed by atoms with Crippen LogP contribution in [0.5, 0.6) is 0 Å². The van der Waals surface area contributed by atoms with Crippen LogP contribution < -0.4 is 11.1 Å². The average molecular weight is 255 g/mol.